The monoisotopic (exact) mass is 417 g/mol. The number of ether oxygens (including phenoxy) is 6. The van der Waals surface area contributed by atoms with Gasteiger partial charge in [-0.2, -0.15) is 0 Å². The molecule has 30 heavy (non-hydrogen) atoms. The molecule has 0 unspecified atom stereocenters. The van der Waals surface area contributed by atoms with E-state index in [-0.39, 0.29) is 30.4 Å². The minimum Gasteiger partial charge on any atom is -0.493 e. The SMILES string of the molecule is COc1ccc(C(=O)O[C@@H](C)C(=O)NCc2ccc3c(c2)OCO3)c(OC)c1OC. The number of fused-ring (bicyclic) bond motifs is 1. The first-order chi connectivity index (χ1) is 14.5. The topological polar surface area (TPSA) is 102 Å². The fourth-order valence-corrected chi connectivity index (χ4v) is 2.92. The molecule has 0 bridgehead atoms. The summed E-state index contributed by atoms with van der Waals surface area (Å²) in [6, 6.07) is 8.42. The second kappa shape index (κ2) is 9.25. The summed E-state index contributed by atoms with van der Waals surface area (Å²) in [7, 11) is 4.30. The molecule has 9 nitrogen and oxygen atoms in total. The van der Waals surface area contributed by atoms with Crippen LogP contribution >= 0.6 is 0 Å². The number of nitrogens with one attached hydrogen (secondary N) is 1. The Morgan fingerprint density at radius 3 is 2.43 bits per heavy atom. The van der Waals surface area contributed by atoms with Crippen LogP contribution < -0.4 is 29.0 Å². The van der Waals surface area contributed by atoms with Crippen molar-refractivity contribution in [1.82, 2.24) is 5.32 Å². The number of benzene rings is 2. The summed E-state index contributed by atoms with van der Waals surface area (Å²) in [5.74, 6) is 0.946. The van der Waals surface area contributed by atoms with Crippen molar-refractivity contribution in [3.05, 3.63) is 41.5 Å². The van der Waals surface area contributed by atoms with Crippen LogP contribution in [0.15, 0.2) is 30.3 Å². The van der Waals surface area contributed by atoms with Gasteiger partial charge in [0.25, 0.3) is 5.91 Å². The Balaban J connectivity index is 1.63. The Bertz CT molecular complexity index is 943. The molecule has 2 aromatic rings. The molecule has 2 aromatic carbocycles. The van der Waals surface area contributed by atoms with E-state index in [1.54, 1.807) is 18.2 Å². The van der Waals surface area contributed by atoms with Gasteiger partial charge in [0.05, 0.1) is 21.3 Å². The van der Waals surface area contributed by atoms with Crippen molar-refractivity contribution in [2.75, 3.05) is 28.1 Å². The van der Waals surface area contributed by atoms with E-state index >= 15 is 0 Å². The average Bonchev–Trinajstić information content (AvgIpc) is 3.23. The minimum absolute atomic E-state index is 0.116. The van der Waals surface area contributed by atoms with Crippen molar-refractivity contribution >= 4 is 11.9 Å². The molecule has 1 aliphatic rings. The molecule has 160 valence electrons. The lowest BCUT2D eigenvalue weighted by Crippen LogP contribution is -2.35. The largest absolute Gasteiger partial charge is 0.493 e. The normalized spacial score (nSPS) is 12.7. The summed E-state index contributed by atoms with van der Waals surface area (Å²) >= 11 is 0. The summed E-state index contributed by atoms with van der Waals surface area (Å²) in [6.45, 7) is 1.91. The molecule has 0 aliphatic carbocycles. The van der Waals surface area contributed by atoms with Crippen LogP contribution in [0.5, 0.6) is 28.7 Å². The summed E-state index contributed by atoms with van der Waals surface area (Å²) < 4.78 is 31.6. The Morgan fingerprint density at radius 2 is 1.73 bits per heavy atom. The van der Waals surface area contributed by atoms with E-state index in [1.807, 2.05) is 6.07 Å². The van der Waals surface area contributed by atoms with Gasteiger partial charge in [0.1, 0.15) is 5.56 Å². The van der Waals surface area contributed by atoms with Crippen LogP contribution in [-0.4, -0.2) is 46.1 Å². The van der Waals surface area contributed by atoms with Crippen molar-refractivity contribution in [2.24, 2.45) is 0 Å². The lowest BCUT2D eigenvalue weighted by atomic mass is 10.1. The van der Waals surface area contributed by atoms with E-state index in [0.29, 0.717) is 17.2 Å². The number of esters is 1. The zero-order chi connectivity index (χ0) is 21.7. The minimum atomic E-state index is -1.02. The number of amides is 1. The quantitative estimate of drug-likeness (QED) is 0.653. The molecule has 0 saturated heterocycles. The maximum atomic E-state index is 12.6. The van der Waals surface area contributed by atoms with E-state index in [4.69, 9.17) is 28.4 Å². The van der Waals surface area contributed by atoms with Gasteiger partial charge < -0.3 is 33.7 Å². The molecule has 1 atom stereocenters. The number of carbonyl (C=O) groups is 2. The highest BCUT2D eigenvalue weighted by molar-refractivity contribution is 5.96. The molecule has 1 N–H and O–H groups in total. The molecule has 9 heteroatoms. The fraction of sp³-hybridized carbons (Fsp3) is 0.333. The van der Waals surface area contributed by atoms with Gasteiger partial charge in [-0.1, -0.05) is 6.07 Å². The molecule has 0 fully saturated rings. The van der Waals surface area contributed by atoms with Crippen LogP contribution in [-0.2, 0) is 16.1 Å². The van der Waals surface area contributed by atoms with Crippen LogP contribution in [0.4, 0.5) is 0 Å². The van der Waals surface area contributed by atoms with E-state index in [1.165, 1.54) is 34.3 Å². The van der Waals surface area contributed by atoms with Gasteiger partial charge in [0.15, 0.2) is 29.1 Å². The molecular formula is C21H23NO8. The summed E-state index contributed by atoms with van der Waals surface area (Å²) in [5.41, 5.74) is 0.943. The predicted octanol–water partition coefficient (Wildman–Crippen LogP) is 2.30. The Kier molecular flexibility index (Phi) is 6.51. The maximum absolute atomic E-state index is 12.6. The van der Waals surface area contributed by atoms with Crippen LogP contribution in [0.25, 0.3) is 0 Å². The number of rotatable bonds is 8. The molecule has 1 heterocycles. The first-order valence-electron chi connectivity index (χ1n) is 9.14. The van der Waals surface area contributed by atoms with Crippen molar-refractivity contribution < 1.29 is 38.0 Å². The predicted molar refractivity (Wildman–Crippen MR) is 105 cm³/mol. The van der Waals surface area contributed by atoms with Crippen molar-refractivity contribution in [1.29, 1.82) is 0 Å². The molecule has 0 spiro atoms. The van der Waals surface area contributed by atoms with Crippen LogP contribution in [0.1, 0.15) is 22.8 Å². The van der Waals surface area contributed by atoms with Crippen LogP contribution in [0.2, 0.25) is 0 Å². The number of carbonyl (C=O) groups excluding carboxylic acids is 2. The smallest absolute Gasteiger partial charge is 0.342 e. The Morgan fingerprint density at radius 1 is 1.00 bits per heavy atom. The van der Waals surface area contributed by atoms with Gasteiger partial charge in [-0.3, -0.25) is 4.79 Å². The fourth-order valence-electron chi connectivity index (χ4n) is 2.92. The summed E-state index contributed by atoms with van der Waals surface area (Å²) in [6.07, 6.45) is -1.02. The average molecular weight is 417 g/mol. The van der Waals surface area contributed by atoms with Gasteiger partial charge in [0.2, 0.25) is 12.5 Å². The maximum Gasteiger partial charge on any atom is 0.342 e. The van der Waals surface area contributed by atoms with Gasteiger partial charge in [-0.25, -0.2) is 4.79 Å². The van der Waals surface area contributed by atoms with E-state index in [2.05, 4.69) is 5.32 Å². The van der Waals surface area contributed by atoms with Gasteiger partial charge in [-0.15, -0.1) is 0 Å². The second-order valence-electron chi connectivity index (χ2n) is 6.33. The lowest BCUT2D eigenvalue weighted by molar-refractivity contribution is -0.129. The van der Waals surface area contributed by atoms with Crippen molar-refractivity contribution in [3.63, 3.8) is 0 Å². The molecule has 0 aromatic heterocycles. The summed E-state index contributed by atoms with van der Waals surface area (Å²) in [5, 5.41) is 2.73. The van der Waals surface area contributed by atoms with Crippen LogP contribution in [0, 0.1) is 0 Å². The summed E-state index contributed by atoms with van der Waals surface area (Å²) in [4.78, 5) is 25.0. The highest BCUT2D eigenvalue weighted by Gasteiger charge is 2.25. The highest BCUT2D eigenvalue weighted by Crippen LogP contribution is 2.40. The zero-order valence-corrected chi connectivity index (χ0v) is 17.1. The van der Waals surface area contributed by atoms with E-state index in [9.17, 15) is 9.59 Å². The molecule has 1 aliphatic heterocycles. The van der Waals surface area contributed by atoms with Crippen LogP contribution in [0.3, 0.4) is 0 Å². The number of hydrogen-bond donors (Lipinski definition) is 1. The lowest BCUT2D eigenvalue weighted by Gasteiger charge is -2.17. The third kappa shape index (κ3) is 4.35. The molecule has 3 rings (SSSR count). The number of hydrogen-bond acceptors (Lipinski definition) is 8. The van der Waals surface area contributed by atoms with Crippen molar-refractivity contribution in [2.45, 2.75) is 19.6 Å². The molecule has 1 amide bonds. The third-order valence-electron chi connectivity index (χ3n) is 4.48. The highest BCUT2D eigenvalue weighted by atomic mass is 16.7. The first kappa shape index (κ1) is 21.1. The van der Waals surface area contributed by atoms with E-state index in [0.717, 1.165) is 5.56 Å². The third-order valence-corrected chi connectivity index (χ3v) is 4.48. The van der Waals surface area contributed by atoms with Gasteiger partial charge in [0, 0.05) is 6.54 Å². The number of methoxy groups -OCH3 is 3. The van der Waals surface area contributed by atoms with E-state index < -0.39 is 18.0 Å². The Hall–Kier alpha value is -3.62. The zero-order valence-electron chi connectivity index (χ0n) is 17.1. The Labute approximate surface area is 173 Å². The van der Waals surface area contributed by atoms with Gasteiger partial charge in [-0.05, 0) is 36.8 Å². The van der Waals surface area contributed by atoms with Crippen molar-refractivity contribution in [3.8, 4) is 28.7 Å². The second-order valence-corrected chi connectivity index (χ2v) is 6.33. The molecule has 0 radical (unpaired) electrons. The first-order valence-corrected chi connectivity index (χ1v) is 9.14. The standard InChI is InChI=1S/C21H23NO8/c1-12(20(23)22-10-13-5-7-15-17(9-13)29-11-28-15)30-21(24)14-6-8-16(25-2)19(27-4)18(14)26-3/h5-9,12H,10-11H2,1-4H3,(H,22,23)/t12-/m0/s1. The molecule has 0 saturated carbocycles. The molecular weight excluding hydrogens is 394 g/mol. The van der Waals surface area contributed by atoms with Gasteiger partial charge >= 0.3 is 5.97 Å².